The van der Waals surface area contributed by atoms with Crippen molar-refractivity contribution in [2.75, 3.05) is 5.73 Å². The van der Waals surface area contributed by atoms with Crippen LogP contribution in [-0.2, 0) is 6.54 Å². The molecular formula is C16H21F2N3. The van der Waals surface area contributed by atoms with Gasteiger partial charge in [0.1, 0.15) is 29.0 Å². The van der Waals surface area contributed by atoms with Crippen LogP contribution in [0, 0.1) is 11.6 Å². The highest BCUT2D eigenvalue weighted by Gasteiger charge is 2.20. The van der Waals surface area contributed by atoms with Crippen LogP contribution in [0.3, 0.4) is 0 Å². The Morgan fingerprint density at radius 1 is 1.29 bits per heavy atom. The van der Waals surface area contributed by atoms with Gasteiger partial charge in [-0.3, -0.25) is 0 Å². The molecule has 1 aromatic heterocycles. The lowest BCUT2D eigenvalue weighted by molar-refractivity contribution is 0.585. The Kier molecular flexibility index (Phi) is 4.60. The second-order valence-electron chi connectivity index (χ2n) is 5.49. The lowest BCUT2D eigenvalue weighted by atomic mass is 10.1. The van der Waals surface area contributed by atoms with E-state index in [0.717, 1.165) is 31.3 Å². The van der Waals surface area contributed by atoms with Crippen LogP contribution in [-0.4, -0.2) is 9.55 Å². The first-order chi connectivity index (χ1) is 9.95. The van der Waals surface area contributed by atoms with E-state index in [9.17, 15) is 8.78 Å². The Balaban J connectivity index is 2.54. The SMILES string of the molecule is CCCCn1c(C(C)C)nc(-c2ccc(F)cc2F)c1N. The van der Waals surface area contributed by atoms with E-state index >= 15 is 0 Å². The molecule has 3 nitrogen and oxygen atoms in total. The lowest BCUT2D eigenvalue weighted by Gasteiger charge is -2.11. The zero-order valence-corrected chi connectivity index (χ0v) is 12.7. The molecule has 0 unspecified atom stereocenters. The van der Waals surface area contributed by atoms with E-state index in [1.165, 1.54) is 12.1 Å². The third-order valence-corrected chi connectivity index (χ3v) is 3.47. The van der Waals surface area contributed by atoms with Crippen molar-refractivity contribution in [2.24, 2.45) is 0 Å². The molecule has 0 saturated heterocycles. The summed E-state index contributed by atoms with van der Waals surface area (Å²) in [5.74, 6) is 0.209. The lowest BCUT2D eigenvalue weighted by Crippen LogP contribution is -2.08. The molecule has 2 N–H and O–H groups in total. The smallest absolute Gasteiger partial charge is 0.135 e. The molecule has 1 heterocycles. The van der Waals surface area contributed by atoms with Gasteiger partial charge in [-0.25, -0.2) is 13.8 Å². The van der Waals surface area contributed by atoms with Crippen molar-refractivity contribution in [1.82, 2.24) is 9.55 Å². The van der Waals surface area contributed by atoms with Crippen molar-refractivity contribution in [3.63, 3.8) is 0 Å². The second-order valence-corrected chi connectivity index (χ2v) is 5.49. The number of aromatic nitrogens is 2. The highest BCUT2D eigenvalue weighted by atomic mass is 19.1. The number of nitrogen functional groups attached to an aromatic ring is 1. The molecule has 114 valence electrons. The van der Waals surface area contributed by atoms with Crippen molar-refractivity contribution >= 4 is 5.82 Å². The Bertz CT molecular complexity index is 633. The molecule has 2 aromatic rings. The van der Waals surface area contributed by atoms with Gasteiger partial charge in [-0.05, 0) is 18.6 Å². The summed E-state index contributed by atoms with van der Waals surface area (Å²) in [5.41, 5.74) is 6.80. The van der Waals surface area contributed by atoms with Crippen LogP contribution >= 0.6 is 0 Å². The fourth-order valence-corrected chi connectivity index (χ4v) is 2.36. The molecule has 0 aliphatic heterocycles. The van der Waals surface area contributed by atoms with E-state index in [1.54, 1.807) is 0 Å². The second kappa shape index (κ2) is 6.24. The first-order valence-corrected chi connectivity index (χ1v) is 7.27. The molecule has 0 bridgehead atoms. The van der Waals surface area contributed by atoms with Crippen molar-refractivity contribution in [3.8, 4) is 11.3 Å². The van der Waals surface area contributed by atoms with Crippen LogP contribution in [0.1, 0.15) is 45.4 Å². The van der Waals surface area contributed by atoms with Gasteiger partial charge in [-0.1, -0.05) is 27.2 Å². The molecule has 0 spiro atoms. The van der Waals surface area contributed by atoms with E-state index in [2.05, 4.69) is 11.9 Å². The number of unbranched alkanes of at least 4 members (excludes halogenated alkanes) is 1. The molecule has 0 saturated carbocycles. The summed E-state index contributed by atoms with van der Waals surface area (Å²) in [6.45, 7) is 6.90. The summed E-state index contributed by atoms with van der Waals surface area (Å²) in [6.07, 6.45) is 2.01. The zero-order chi connectivity index (χ0) is 15.6. The van der Waals surface area contributed by atoms with Crippen molar-refractivity contribution in [3.05, 3.63) is 35.7 Å². The van der Waals surface area contributed by atoms with Gasteiger partial charge in [0.05, 0.1) is 0 Å². The highest BCUT2D eigenvalue weighted by molar-refractivity contribution is 5.71. The van der Waals surface area contributed by atoms with Crippen molar-refractivity contribution in [1.29, 1.82) is 0 Å². The van der Waals surface area contributed by atoms with Gasteiger partial charge in [-0.15, -0.1) is 0 Å². The number of nitrogens with zero attached hydrogens (tertiary/aromatic N) is 2. The number of nitrogens with two attached hydrogens (primary N) is 1. The summed E-state index contributed by atoms with van der Waals surface area (Å²) < 4.78 is 28.9. The monoisotopic (exact) mass is 293 g/mol. The number of hydrogen-bond acceptors (Lipinski definition) is 2. The Hall–Kier alpha value is -1.91. The van der Waals surface area contributed by atoms with E-state index in [1.807, 2.05) is 18.4 Å². The Morgan fingerprint density at radius 2 is 2.00 bits per heavy atom. The predicted octanol–water partition coefficient (Wildman–Crippen LogP) is 4.33. The maximum atomic E-state index is 14.0. The molecule has 0 radical (unpaired) electrons. The van der Waals surface area contributed by atoms with Gasteiger partial charge < -0.3 is 10.3 Å². The summed E-state index contributed by atoms with van der Waals surface area (Å²) >= 11 is 0. The standard InChI is InChI=1S/C16H21F2N3/c1-4-5-8-21-15(19)14(20-16(21)10(2)3)12-7-6-11(17)9-13(12)18/h6-7,9-10H,4-5,8,19H2,1-3H3. The average Bonchev–Trinajstić information content (AvgIpc) is 2.74. The third kappa shape index (κ3) is 3.06. The fourth-order valence-electron chi connectivity index (χ4n) is 2.36. The molecular weight excluding hydrogens is 272 g/mol. The molecule has 2 rings (SSSR count). The zero-order valence-electron chi connectivity index (χ0n) is 12.7. The van der Waals surface area contributed by atoms with Crippen molar-refractivity contribution in [2.45, 2.75) is 46.1 Å². The van der Waals surface area contributed by atoms with Crippen LogP contribution in [0.15, 0.2) is 18.2 Å². The quantitative estimate of drug-likeness (QED) is 0.891. The molecule has 0 aliphatic carbocycles. The summed E-state index contributed by atoms with van der Waals surface area (Å²) in [6, 6.07) is 3.46. The summed E-state index contributed by atoms with van der Waals surface area (Å²) in [5, 5.41) is 0. The average molecular weight is 293 g/mol. The predicted molar refractivity (Wildman–Crippen MR) is 81.0 cm³/mol. The van der Waals surface area contributed by atoms with Gasteiger partial charge in [-0.2, -0.15) is 0 Å². The molecule has 0 fully saturated rings. The van der Waals surface area contributed by atoms with Crippen LogP contribution < -0.4 is 5.73 Å². The molecule has 1 aromatic carbocycles. The number of rotatable bonds is 5. The molecule has 5 heteroatoms. The van der Waals surface area contributed by atoms with E-state index in [-0.39, 0.29) is 11.5 Å². The van der Waals surface area contributed by atoms with E-state index < -0.39 is 11.6 Å². The third-order valence-electron chi connectivity index (χ3n) is 3.47. The van der Waals surface area contributed by atoms with Gasteiger partial charge in [0.15, 0.2) is 0 Å². The van der Waals surface area contributed by atoms with Gasteiger partial charge >= 0.3 is 0 Å². The van der Waals surface area contributed by atoms with Crippen LogP contribution in [0.5, 0.6) is 0 Å². The number of anilines is 1. The Morgan fingerprint density at radius 3 is 2.57 bits per heavy atom. The van der Waals surface area contributed by atoms with Crippen molar-refractivity contribution < 1.29 is 8.78 Å². The summed E-state index contributed by atoms with van der Waals surface area (Å²) in [4.78, 5) is 4.50. The number of benzene rings is 1. The molecule has 21 heavy (non-hydrogen) atoms. The van der Waals surface area contributed by atoms with Crippen LogP contribution in [0.25, 0.3) is 11.3 Å². The minimum absolute atomic E-state index is 0.182. The number of halogens is 2. The minimum Gasteiger partial charge on any atom is -0.383 e. The Labute approximate surface area is 123 Å². The topological polar surface area (TPSA) is 43.8 Å². The largest absolute Gasteiger partial charge is 0.383 e. The highest BCUT2D eigenvalue weighted by Crippen LogP contribution is 2.31. The fraction of sp³-hybridized carbons (Fsp3) is 0.438. The first kappa shape index (κ1) is 15.5. The number of hydrogen-bond donors (Lipinski definition) is 1. The van der Waals surface area contributed by atoms with E-state index in [4.69, 9.17) is 5.73 Å². The molecule has 0 atom stereocenters. The van der Waals surface area contributed by atoms with Gasteiger partial charge in [0.2, 0.25) is 0 Å². The van der Waals surface area contributed by atoms with E-state index in [0.29, 0.717) is 11.5 Å². The van der Waals surface area contributed by atoms with Crippen LogP contribution in [0.2, 0.25) is 0 Å². The first-order valence-electron chi connectivity index (χ1n) is 7.27. The van der Waals surface area contributed by atoms with Gasteiger partial charge in [0.25, 0.3) is 0 Å². The van der Waals surface area contributed by atoms with Gasteiger partial charge in [0, 0.05) is 24.1 Å². The van der Waals surface area contributed by atoms with Crippen LogP contribution in [0.4, 0.5) is 14.6 Å². The molecule has 0 amide bonds. The summed E-state index contributed by atoms with van der Waals surface area (Å²) in [7, 11) is 0. The minimum atomic E-state index is -0.642. The normalized spacial score (nSPS) is 11.3. The maximum Gasteiger partial charge on any atom is 0.135 e. The maximum absolute atomic E-state index is 14.0. The molecule has 0 aliphatic rings. The number of imidazole rings is 1.